The lowest BCUT2D eigenvalue weighted by atomic mass is 10.2. The lowest BCUT2D eigenvalue weighted by Crippen LogP contribution is -1.87. The minimum Gasteiger partial charge on any atom is -0.411 e. The number of halogens is 1. The van der Waals surface area contributed by atoms with E-state index in [1.807, 2.05) is 12.1 Å². The smallest absolute Gasteiger partial charge is 0.123 e. The molecule has 0 amide bonds. The summed E-state index contributed by atoms with van der Waals surface area (Å²) in [6, 6.07) is 10.1. The summed E-state index contributed by atoms with van der Waals surface area (Å²) in [5.41, 5.74) is 1.54. The highest BCUT2D eigenvalue weighted by Crippen LogP contribution is 2.28. The van der Waals surface area contributed by atoms with Gasteiger partial charge in [-0.15, -0.1) is 11.3 Å². The van der Waals surface area contributed by atoms with Crippen molar-refractivity contribution < 1.29 is 9.60 Å². The van der Waals surface area contributed by atoms with Gasteiger partial charge in [-0.1, -0.05) is 17.3 Å². The molecule has 0 aliphatic rings. The summed E-state index contributed by atoms with van der Waals surface area (Å²) >= 11 is 1.51. The van der Waals surface area contributed by atoms with Crippen molar-refractivity contribution in [3.63, 3.8) is 0 Å². The molecule has 2 aromatic rings. The maximum atomic E-state index is 12.7. The molecule has 1 heterocycles. The summed E-state index contributed by atoms with van der Waals surface area (Å²) in [6.45, 7) is 1.74. The summed E-state index contributed by atoms with van der Waals surface area (Å²) < 4.78 is 12.7. The van der Waals surface area contributed by atoms with E-state index in [-0.39, 0.29) is 5.82 Å². The van der Waals surface area contributed by atoms with E-state index in [9.17, 15) is 4.39 Å². The Kier molecular flexibility index (Phi) is 3.01. The van der Waals surface area contributed by atoms with Gasteiger partial charge in [-0.2, -0.15) is 0 Å². The van der Waals surface area contributed by atoms with Crippen LogP contribution in [0.1, 0.15) is 11.8 Å². The van der Waals surface area contributed by atoms with Crippen LogP contribution in [0, 0.1) is 5.82 Å². The first-order valence-corrected chi connectivity index (χ1v) is 5.57. The monoisotopic (exact) mass is 235 g/mol. The molecule has 0 radical (unpaired) electrons. The molecule has 0 aliphatic heterocycles. The summed E-state index contributed by atoms with van der Waals surface area (Å²) in [7, 11) is 0. The molecule has 0 saturated heterocycles. The van der Waals surface area contributed by atoms with Crippen molar-refractivity contribution in [3.8, 4) is 10.4 Å². The number of benzene rings is 1. The molecule has 2 nitrogen and oxygen atoms in total. The van der Waals surface area contributed by atoms with Crippen LogP contribution in [-0.4, -0.2) is 10.9 Å². The molecule has 1 N–H and O–H groups in total. The molecule has 0 bridgehead atoms. The van der Waals surface area contributed by atoms with E-state index >= 15 is 0 Å². The molecule has 0 unspecified atom stereocenters. The molecule has 0 saturated carbocycles. The Morgan fingerprint density at radius 2 is 1.88 bits per heavy atom. The Hall–Kier alpha value is -1.68. The van der Waals surface area contributed by atoms with E-state index in [1.165, 1.54) is 23.5 Å². The summed E-state index contributed by atoms with van der Waals surface area (Å²) in [5.74, 6) is -0.242. The second-order valence-electron chi connectivity index (χ2n) is 3.36. The van der Waals surface area contributed by atoms with Crippen molar-refractivity contribution in [2.75, 3.05) is 0 Å². The SMILES string of the molecule is C/C(=N/O)c1ccc(-c2ccc(F)cc2)s1. The average molecular weight is 235 g/mol. The van der Waals surface area contributed by atoms with Crippen LogP contribution in [0.4, 0.5) is 4.39 Å². The Morgan fingerprint density at radius 1 is 1.19 bits per heavy atom. The van der Waals surface area contributed by atoms with Crippen molar-refractivity contribution in [1.29, 1.82) is 0 Å². The predicted molar refractivity (Wildman–Crippen MR) is 63.7 cm³/mol. The van der Waals surface area contributed by atoms with Gasteiger partial charge in [0.1, 0.15) is 5.82 Å². The van der Waals surface area contributed by atoms with E-state index in [1.54, 1.807) is 19.1 Å². The normalized spacial score (nSPS) is 11.8. The van der Waals surface area contributed by atoms with Gasteiger partial charge in [-0.3, -0.25) is 0 Å². The number of rotatable bonds is 2. The maximum Gasteiger partial charge on any atom is 0.123 e. The molecular formula is C12H10FNOS. The van der Waals surface area contributed by atoms with Crippen molar-refractivity contribution in [3.05, 3.63) is 47.1 Å². The zero-order chi connectivity index (χ0) is 11.5. The van der Waals surface area contributed by atoms with E-state index in [4.69, 9.17) is 5.21 Å². The predicted octanol–water partition coefficient (Wildman–Crippen LogP) is 3.75. The van der Waals surface area contributed by atoms with E-state index < -0.39 is 0 Å². The Balaban J connectivity index is 2.35. The average Bonchev–Trinajstić information content (AvgIpc) is 2.78. The zero-order valence-electron chi connectivity index (χ0n) is 8.64. The van der Waals surface area contributed by atoms with Crippen LogP contribution in [0.15, 0.2) is 41.6 Å². The van der Waals surface area contributed by atoms with Crippen LogP contribution in [0.25, 0.3) is 10.4 Å². The molecule has 0 atom stereocenters. The van der Waals surface area contributed by atoms with Crippen LogP contribution in [0.2, 0.25) is 0 Å². The van der Waals surface area contributed by atoms with Crippen molar-refractivity contribution in [1.82, 2.24) is 0 Å². The molecule has 0 spiro atoms. The van der Waals surface area contributed by atoms with E-state index in [2.05, 4.69) is 5.16 Å². The van der Waals surface area contributed by atoms with Crippen LogP contribution < -0.4 is 0 Å². The van der Waals surface area contributed by atoms with Crippen molar-refractivity contribution in [2.24, 2.45) is 5.16 Å². The highest BCUT2D eigenvalue weighted by Gasteiger charge is 2.05. The molecule has 2 rings (SSSR count). The fraction of sp³-hybridized carbons (Fsp3) is 0.0833. The minimum atomic E-state index is -0.242. The highest BCUT2D eigenvalue weighted by molar-refractivity contribution is 7.17. The molecular weight excluding hydrogens is 225 g/mol. The third-order valence-corrected chi connectivity index (χ3v) is 3.48. The molecule has 0 aliphatic carbocycles. The van der Waals surface area contributed by atoms with Crippen LogP contribution in [0.5, 0.6) is 0 Å². The molecule has 1 aromatic carbocycles. The van der Waals surface area contributed by atoms with Gasteiger partial charge in [0.2, 0.25) is 0 Å². The number of thiophene rings is 1. The third-order valence-electron chi connectivity index (χ3n) is 2.24. The lowest BCUT2D eigenvalue weighted by molar-refractivity contribution is 0.319. The van der Waals surface area contributed by atoms with Gasteiger partial charge in [0.05, 0.1) is 10.6 Å². The third kappa shape index (κ3) is 2.12. The molecule has 16 heavy (non-hydrogen) atoms. The second kappa shape index (κ2) is 4.45. The summed E-state index contributed by atoms with van der Waals surface area (Å²) in [4.78, 5) is 1.93. The Labute approximate surface area is 96.7 Å². The number of nitrogens with zero attached hydrogens (tertiary/aromatic N) is 1. The Bertz CT molecular complexity index is 516. The van der Waals surface area contributed by atoms with Crippen molar-refractivity contribution in [2.45, 2.75) is 6.92 Å². The number of hydrogen-bond acceptors (Lipinski definition) is 3. The van der Waals surface area contributed by atoms with Gasteiger partial charge < -0.3 is 5.21 Å². The van der Waals surface area contributed by atoms with E-state index in [0.717, 1.165) is 15.3 Å². The van der Waals surface area contributed by atoms with Gasteiger partial charge in [0, 0.05) is 4.88 Å². The first-order chi connectivity index (χ1) is 7.70. The minimum absolute atomic E-state index is 0.242. The van der Waals surface area contributed by atoms with Crippen LogP contribution in [-0.2, 0) is 0 Å². The molecule has 1 aromatic heterocycles. The first kappa shape index (κ1) is 10.8. The largest absolute Gasteiger partial charge is 0.411 e. The number of hydrogen-bond donors (Lipinski definition) is 1. The van der Waals surface area contributed by atoms with Gasteiger partial charge in [-0.25, -0.2) is 4.39 Å². The van der Waals surface area contributed by atoms with Crippen LogP contribution in [0.3, 0.4) is 0 Å². The standard InChI is InChI=1S/C12H10FNOS/c1-8(14-15)11-6-7-12(16-11)9-2-4-10(13)5-3-9/h2-7,15H,1H3/b14-8-. The quantitative estimate of drug-likeness (QED) is 0.480. The molecule has 82 valence electrons. The van der Waals surface area contributed by atoms with Crippen LogP contribution >= 0.6 is 11.3 Å². The lowest BCUT2D eigenvalue weighted by Gasteiger charge is -1.96. The zero-order valence-corrected chi connectivity index (χ0v) is 9.46. The van der Waals surface area contributed by atoms with Gasteiger partial charge in [-0.05, 0) is 36.8 Å². The summed E-state index contributed by atoms with van der Waals surface area (Å²) in [6.07, 6.45) is 0. The van der Waals surface area contributed by atoms with Crippen molar-refractivity contribution >= 4 is 17.0 Å². The highest BCUT2D eigenvalue weighted by atomic mass is 32.1. The van der Waals surface area contributed by atoms with E-state index in [0.29, 0.717) is 5.71 Å². The second-order valence-corrected chi connectivity index (χ2v) is 4.44. The fourth-order valence-electron chi connectivity index (χ4n) is 1.35. The van der Waals surface area contributed by atoms with Gasteiger partial charge >= 0.3 is 0 Å². The maximum absolute atomic E-state index is 12.7. The van der Waals surface area contributed by atoms with Gasteiger partial charge in [0.25, 0.3) is 0 Å². The first-order valence-electron chi connectivity index (χ1n) is 4.75. The summed E-state index contributed by atoms with van der Waals surface area (Å²) in [5, 5.41) is 11.8. The Morgan fingerprint density at radius 3 is 2.50 bits per heavy atom. The fourth-order valence-corrected chi connectivity index (χ4v) is 2.30. The van der Waals surface area contributed by atoms with Gasteiger partial charge in [0.15, 0.2) is 0 Å². The molecule has 0 fully saturated rings. The number of oxime groups is 1. The topological polar surface area (TPSA) is 32.6 Å². The molecule has 4 heteroatoms.